The van der Waals surface area contributed by atoms with Gasteiger partial charge in [-0.3, -0.25) is 4.90 Å². The van der Waals surface area contributed by atoms with E-state index >= 15 is 0 Å². The van der Waals surface area contributed by atoms with Crippen molar-refractivity contribution < 1.29 is 9.53 Å². The van der Waals surface area contributed by atoms with Gasteiger partial charge in [0.1, 0.15) is 6.10 Å². The van der Waals surface area contributed by atoms with Crippen LogP contribution in [0, 0.1) is 12.8 Å². The smallest absolute Gasteiger partial charge is 0.407 e. The molecule has 2 aromatic carbocycles. The number of hydrogen-bond acceptors (Lipinski definition) is 3. The summed E-state index contributed by atoms with van der Waals surface area (Å²) in [5.74, 6) is 0.539. The molecule has 3 saturated heterocycles. The number of aryl methyl sites for hydroxylation is 2. The average molecular weight is 391 g/mol. The number of carbonyl (C=O) groups is 1. The monoisotopic (exact) mass is 390 g/mol. The molecule has 3 fully saturated rings. The molecule has 1 aliphatic carbocycles. The summed E-state index contributed by atoms with van der Waals surface area (Å²) in [4.78, 5) is 15.1. The standard InChI is InChI=1S/C25H30N2O2/c1-17-5-7-18(8-6-17)21-10-9-19-3-2-4-23(22(19)15-21)26-25(28)29-24-16-27-13-11-20(24)12-14-27/h5-10,15,20,23-24H,2-4,11-14,16H2,1H3,(H,26,28)/t23?,24-/m0/s1. The minimum absolute atomic E-state index is 0.0396. The van der Waals surface area contributed by atoms with Crippen molar-refractivity contribution in [3.05, 3.63) is 59.2 Å². The lowest BCUT2D eigenvalue weighted by atomic mass is 9.85. The number of rotatable bonds is 3. The molecule has 29 heavy (non-hydrogen) atoms. The zero-order valence-electron chi connectivity index (χ0n) is 17.2. The predicted octanol–water partition coefficient (Wildman–Crippen LogP) is 4.86. The Labute approximate surface area is 173 Å². The van der Waals surface area contributed by atoms with E-state index in [9.17, 15) is 4.79 Å². The summed E-state index contributed by atoms with van der Waals surface area (Å²) in [7, 11) is 0. The molecule has 1 unspecified atom stereocenters. The molecule has 1 amide bonds. The number of fused-ring (bicyclic) bond motifs is 4. The van der Waals surface area contributed by atoms with Crippen LogP contribution in [-0.2, 0) is 11.2 Å². The lowest BCUT2D eigenvalue weighted by Gasteiger charge is -2.44. The van der Waals surface area contributed by atoms with E-state index < -0.39 is 0 Å². The summed E-state index contributed by atoms with van der Waals surface area (Å²) in [6.45, 7) is 5.32. The maximum Gasteiger partial charge on any atom is 0.407 e. The minimum atomic E-state index is -0.248. The highest BCUT2D eigenvalue weighted by Crippen LogP contribution is 2.34. The quantitative estimate of drug-likeness (QED) is 0.814. The number of piperidine rings is 3. The normalized spacial score (nSPS) is 27.9. The van der Waals surface area contributed by atoms with Crippen LogP contribution in [0.1, 0.15) is 48.4 Å². The number of carbonyl (C=O) groups excluding carboxylic acids is 1. The summed E-state index contributed by atoms with van der Waals surface area (Å²) < 4.78 is 5.88. The Hall–Kier alpha value is -2.33. The van der Waals surface area contributed by atoms with Gasteiger partial charge in [0.25, 0.3) is 0 Å². The maximum absolute atomic E-state index is 12.7. The Morgan fingerprint density at radius 2 is 1.79 bits per heavy atom. The van der Waals surface area contributed by atoms with Gasteiger partial charge in [0, 0.05) is 6.54 Å². The van der Waals surface area contributed by atoms with Crippen molar-refractivity contribution in [2.75, 3.05) is 19.6 Å². The van der Waals surface area contributed by atoms with Gasteiger partial charge in [-0.05, 0) is 86.4 Å². The van der Waals surface area contributed by atoms with Crippen molar-refractivity contribution in [1.29, 1.82) is 0 Å². The zero-order valence-corrected chi connectivity index (χ0v) is 17.2. The molecule has 2 bridgehead atoms. The van der Waals surface area contributed by atoms with Crippen molar-refractivity contribution in [2.24, 2.45) is 5.92 Å². The van der Waals surface area contributed by atoms with Gasteiger partial charge in [-0.1, -0.05) is 42.0 Å². The lowest BCUT2D eigenvalue weighted by Crippen LogP contribution is -2.52. The SMILES string of the molecule is Cc1ccc(-c2ccc3c(c2)C(NC(=O)O[C@H]2CN4CCC2CC4)CCC3)cc1. The Kier molecular flexibility index (Phi) is 5.04. The van der Waals surface area contributed by atoms with Gasteiger partial charge in [-0.25, -0.2) is 4.79 Å². The number of hydrogen-bond donors (Lipinski definition) is 1. The summed E-state index contributed by atoms with van der Waals surface area (Å²) in [5.41, 5.74) is 6.29. The molecular weight excluding hydrogens is 360 g/mol. The summed E-state index contributed by atoms with van der Waals surface area (Å²) in [6, 6.07) is 15.4. The molecule has 152 valence electrons. The van der Waals surface area contributed by atoms with E-state index in [2.05, 4.69) is 59.6 Å². The molecule has 6 rings (SSSR count). The zero-order chi connectivity index (χ0) is 19.8. The van der Waals surface area contributed by atoms with E-state index in [1.54, 1.807) is 0 Å². The second kappa shape index (κ2) is 7.83. The second-order valence-corrected chi connectivity index (χ2v) is 8.95. The van der Waals surface area contributed by atoms with Gasteiger partial charge in [-0.15, -0.1) is 0 Å². The van der Waals surface area contributed by atoms with Gasteiger partial charge in [0.15, 0.2) is 0 Å². The van der Waals surface area contributed by atoms with Gasteiger partial charge in [0.2, 0.25) is 0 Å². The van der Waals surface area contributed by atoms with E-state index in [-0.39, 0.29) is 18.2 Å². The van der Waals surface area contributed by atoms with Crippen LogP contribution in [0.3, 0.4) is 0 Å². The maximum atomic E-state index is 12.7. The molecule has 4 aliphatic rings. The van der Waals surface area contributed by atoms with Crippen LogP contribution in [0.2, 0.25) is 0 Å². The number of nitrogens with one attached hydrogen (secondary N) is 1. The van der Waals surface area contributed by atoms with E-state index in [1.807, 2.05) is 0 Å². The number of benzene rings is 2. The topological polar surface area (TPSA) is 41.6 Å². The molecule has 4 heteroatoms. The average Bonchev–Trinajstić information content (AvgIpc) is 2.75. The first-order chi connectivity index (χ1) is 14.2. The van der Waals surface area contributed by atoms with Crippen molar-refractivity contribution in [1.82, 2.24) is 10.2 Å². The summed E-state index contributed by atoms with van der Waals surface area (Å²) >= 11 is 0. The Morgan fingerprint density at radius 1 is 1.03 bits per heavy atom. The van der Waals surface area contributed by atoms with Crippen LogP contribution in [-0.4, -0.2) is 36.7 Å². The first-order valence-corrected chi connectivity index (χ1v) is 11.0. The van der Waals surface area contributed by atoms with E-state index in [0.717, 1.165) is 51.7 Å². The van der Waals surface area contributed by atoms with Crippen LogP contribution in [0.15, 0.2) is 42.5 Å². The number of ether oxygens (including phenoxy) is 1. The van der Waals surface area contributed by atoms with Crippen molar-refractivity contribution in [3.8, 4) is 11.1 Å². The highest BCUT2D eigenvalue weighted by Gasteiger charge is 2.37. The van der Waals surface area contributed by atoms with E-state index in [1.165, 1.54) is 27.8 Å². The summed E-state index contributed by atoms with van der Waals surface area (Å²) in [5, 5.41) is 3.19. The van der Waals surface area contributed by atoms with E-state index in [0.29, 0.717) is 5.92 Å². The largest absolute Gasteiger partial charge is 0.445 e. The first kappa shape index (κ1) is 18.7. The predicted molar refractivity (Wildman–Crippen MR) is 115 cm³/mol. The molecular formula is C25H30N2O2. The number of alkyl carbamates (subject to hydrolysis) is 1. The molecule has 0 spiro atoms. The highest BCUT2D eigenvalue weighted by atomic mass is 16.6. The van der Waals surface area contributed by atoms with Gasteiger partial charge < -0.3 is 10.1 Å². The molecule has 2 atom stereocenters. The molecule has 0 radical (unpaired) electrons. The highest BCUT2D eigenvalue weighted by molar-refractivity contribution is 5.70. The molecule has 3 aliphatic heterocycles. The van der Waals surface area contributed by atoms with Crippen LogP contribution < -0.4 is 5.32 Å². The Morgan fingerprint density at radius 3 is 2.52 bits per heavy atom. The van der Waals surface area contributed by atoms with Crippen molar-refractivity contribution in [3.63, 3.8) is 0 Å². The second-order valence-electron chi connectivity index (χ2n) is 8.95. The molecule has 3 heterocycles. The van der Waals surface area contributed by atoms with Crippen molar-refractivity contribution in [2.45, 2.75) is 51.2 Å². The Bertz CT molecular complexity index is 884. The lowest BCUT2D eigenvalue weighted by molar-refractivity contribution is -0.0340. The molecule has 0 aromatic heterocycles. The molecule has 1 N–H and O–H groups in total. The third-order valence-electron chi connectivity index (χ3n) is 6.99. The Balaban J connectivity index is 1.31. The van der Waals surface area contributed by atoms with Crippen LogP contribution >= 0.6 is 0 Å². The molecule has 2 aromatic rings. The molecule has 4 nitrogen and oxygen atoms in total. The minimum Gasteiger partial charge on any atom is -0.445 e. The third-order valence-corrected chi connectivity index (χ3v) is 6.99. The van der Waals surface area contributed by atoms with Crippen LogP contribution in [0.25, 0.3) is 11.1 Å². The fourth-order valence-electron chi connectivity index (χ4n) is 5.23. The first-order valence-electron chi connectivity index (χ1n) is 11.0. The number of nitrogens with zero attached hydrogens (tertiary/aromatic N) is 1. The molecule has 0 saturated carbocycles. The van der Waals surface area contributed by atoms with Gasteiger partial charge in [-0.2, -0.15) is 0 Å². The number of amides is 1. The summed E-state index contributed by atoms with van der Waals surface area (Å²) in [6.07, 6.45) is 5.27. The fraction of sp³-hybridized carbons (Fsp3) is 0.480. The van der Waals surface area contributed by atoms with Gasteiger partial charge in [0.05, 0.1) is 6.04 Å². The fourth-order valence-corrected chi connectivity index (χ4v) is 5.23. The van der Waals surface area contributed by atoms with Crippen LogP contribution in [0.4, 0.5) is 4.79 Å². The van der Waals surface area contributed by atoms with Crippen LogP contribution in [0.5, 0.6) is 0 Å². The van der Waals surface area contributed by atoms with E-state index in [4.69, 9.17) is 4.74 Å². The third kappa shape index (κ3) is 3.91. The van der Waals surface area contributed by atoms with Gasteiger partial charge >= 0.3 is 6.09 Å². The van der Waals surface area contributed by atoms with Crippen molar-refractivity contribution >= 4 is 6.09 Å².